The van der Waals surface area contributed by atoms with Crippen LogP contribution in [0.25, 0.3) is 0 Å². The third kappa shape index (κ3) is 6.93. The number of carbonyl (C=O) groups is 1. The lowest BCUT2D eigenvalue weighted by molar-refractivity contribution is -0.116. The van der Waals surface area contributed by atoms with Gasteiger partial charge in [-0.2, -0.15) is 0 Å². The molecule has 0 bridgehead atoms. The molecule has 0 atom stereocenters. The Morgan fingerprint density at radius 3 is 2.10 bits per heavy atom. The van der Waals surface area contributed by atoms with Crippen molar-refractivity contribution in [1.29, 1.82) is 0 Å². The average molecular weight is 445 g/mol. The van der Waals surface area contributed by atoms with Gasteiger partial charge in [0.2, 0.25) is 0 Å². The normalized spacial score (nSPS) is 12.0. The molecule has 2 aromatic rings. The maximum Gasteiger partial charge on any atom is 0.179 e. The molecule has 0 aliphatic carbocycles. The number of hydrogen-bond donors (Lipinski definition) is 0. The quantitative estimate of drug-likeness (QED) is 0.359. The Bertz CT molecular complexity index is 938. The van der Waals surface area contributed by atoms with Crippen molar-refractivity contribution in [2.45, 2.75) is 70.6 Å². The summed E-state index contributed by atoms with van der Waals surface area (Å²) in [6, 6.07) is 13.2. The number of hydrogen-bond acceptors (Lipinski definition) is 4. The highest BCUT2D eigenvalue weighted by atomic mass is 32.2. The number of carbonyl (C=O) groups excluding carboxylic acids is 1. The fourth-order valence-electron chi connectivity index (χ4n) is 4.05. The first-order valence-corrected chi connectivity index (χ1v) is 12.9. The number of aryl methyl sites for hydroxylation is 1. The van der Waals surface area contributed by atoms with E-state index in [4.69, 9.17) is 4.74 Å². The topological polar surface area (TPSA) is 60.4 Å². The molecule has 170 valence electrons. The molecule has 0 saturated heterocycles. The summed E-state index contributed by atoms with van der Waals surface area (Å²) < 4.78 is 32.4. The van der Waals surface area contributed by atoms with Crippen LogP contribution in [0.2, 0.25) is 0 Å². The second-order valence-corrected chi connectivity index (χ2v) is 10.5. The molecular formula is C26H36O4S. The summed E-state index contributed by atoms with van der Waals surface area (Å²) in [7, 11) is -2.01. The first-order valence-electron chi connectivity index (χ1n) is 11.2. The van der Waals surface area contributed by atoms with Crippen molar-refractivity contribution in [3.8, 4) is 5.75 Å². The number of methoxy groups -OCH3 is 1. The van der Waals surface area contributed by atoms with Gasteiger partial charge < -0.3 is 9.53 Å². The van der Waals surface area contributed by atoms with Crippen LogP contribution in [-0.4, -0.2) is 27.6 Å². The molecule has 2 aromatic carbocycles. The van der Waals surface area contributed by atoms with Crippen LogP contribution in [0, 0.1) is 12.3 Å². The van der Waals surface area contributed by atoms with Crippen molar-refractivity contribution in [3.05, 3.63) is 59.2 Å². The van der Waals surface area contributed by atoms with Crippen LogP contribution in [0.4, 0.5) is 0 Å². The summed E-state index contributed by atoms with van der Waals surface area (Å²) in [4.78, 5) is 12.5. The summed E-state index contributed by atoms with van der Waals surface area (Å²) in [5.41, 5.74) is 1.99. The zero-order valence-corrected chi connectivity index (χ0v) is 20.1. The van der Waals surface area contributed by atoms with Crippen molar-refractivity contribution in [1.82, 2.24) is 0 Å². The maximum absolute atomic E-state index is 13.6. The zero-order chi connectivity index (χ0) is 22.9. The zero-order valence-electron chi connectivity index (χ0n) is 19.3. The average Bonchev–Trinajstić information content (AvgIpc) is 2.76. The summed E-state index contributed by atoms with van der Waals surface area (Å²) in [5.74, 6) is 0.644. The van der Waals surface area contributed by atoms with Crippen LogP contribution in [0.1, 0.15) is 69.1 Å². The van der Waals surface area contributed by atoms with Crippen LogP contribution in [0.15, 0.2) is 47.4 Å². The molecule has 0 aromatic heterocycles. The van der Waals surface area contributed by atoms with Crippen molar-refractivity contribution in [3.63, 3.8) is 0 Å². The van der Waals surface area contributed by atoms with Gasteiger partial charge in [-0.25, -0.2) is 8.42 Å². The van der Waals surface area contributed by atoms with E-state index in [9.17, 15) is 13.2 Å². The van der Waals surface area contributed by atoms with Crippen molar-refractivity contribution in [2.24, 2.45) is 5.41 Å². The second kappa shape index (κ2) is 11.5. The fourth-order valence-corrected chi connectivity index (χ4v) is 6.12. The Balaban J connectivity index is 2.40. The molecule has 0 aliphatic heterocycles. The highest BCUT2D eigenvalue weighted by Crippen LogP contribution is 2.34. The van der Waals surface area contributed by atoms with E-state index in [1.165, 1.54) is 0 Å². The predicted octanol–water partition coefficient (Wildman–Crippen LogP) is 5.93. The molecular weight excluding hydrogens is 408 g/mol. The lowest BCUT2D eigenvalue weighted by Gasteiger charge is -2.28. The smallest absolute Gasteiger partial charge is 0.179 e. The third-order valence-electron chi connectivity index (χ3n) is 5.89. The van der Waals surface area contributed by atoms with E-state index in [-0.39, 0.29) is 5.75 Å². The Kier molecular flexibility index (Phi) is 9.30. The van der Waals surface area contributed by atoms with Crippen LogP contribution in [0.5, 0.6) is 5.75 Å². The van der Waals surface area contributed by atoms with Crippen LogP contribution in [0.3, 0.4) is 0 Å². The maximum atomic E-state index is 13.6. The molecule has 4 nitrogen and oxygen atoms in total. The number of unbranched alkanes of at least 4 members (excludes halogenated alkanes) is 2. The Morgan fingerprint density at radius 2 is 1.58 bits per heavy atom. The minimum Gasteiger partial charge on any atom is -0.497 e. The molecule has 0 unspecified atom stereocenters. The number of sulfone groups is 1. The minimum atomic E-state index is -3.63. The largest absolute Gasteiger partial charge is 0.497 e. The van der Waals surface area contributed by atoms with E-state index in [1.807, 2.05) is 43.3 Å². The number of rotatable bonds is 13. The SMILES string of the molecule is CCCCC(C=O)(CCCC)CS(=O)(=O)c1ccc(C)cc1Cc1ccc(OC)cc1. The van der Waals surface area contributed by atoms with Gasteiger partial charge in [0.25, 0.3) is 0 Å². The van der Waals surface area contributed by atoms with Gasteiger partial charge in [0, 0.05) is 5.41 Å². The van der Waals surface area contributed by atoms with E-state index in [0.29, 0.717) is 24.2 Å². The second-order valence-electron chi connectivity index (χ2n) is 8.58. The first-order chi connectivity index (χ1) is 14.8. The Labute approximate surface area is 187 Å². The Morgan fingerprint density at radius 1 is 0.968 bits per heavy atom. The van der Waals surface area contributed by atoms with E-state index in [1.54, 1.807) is 13.2 Å². The standard InChI is InChI=1S/C26H36O4S/c1-5-7-15-26(19-27,16-8-6-2)20-31(28,29)25-14-9-21(3)17-23(25)18-22-10-12-24(30-4)13-11-22/h9-14,17,19H,5-8,15-16,18,20H2,1-4H3. The highest BCUT2D eigenvalue weighted by molar-refractivity contribution is 7.91. The summed E-state index contributed by atoms with van der Waals surface area (Å²) in [6.45, 7) is 6.10. The van der Waals surface area contributed by atoms with Gasteiger partial charge >= 0.3 is 0 Å². The molecule has 5 heteroatoms. The monoisotopic (exact) mass is 444 g/mol. The number of benzene rings is 2. The molecule has 0 aliphatic rings. The van der Waals surface area contributed by atoms with E-state index in [0.717, 1.165) is 54.4 Å². The number of ether oxygens (including phenoxy) is 1. The fraction of sp³-hybridized carbons (Fsp3) is 0.500. The molecule has 0 saturated carbocycles. The molecule has 31 heavy (non-hydrogen) atoms. The molecule has 0 N–H and O–H groups in total. The van der Waals surface area contributed by atoms with Gasteiger partial charge in [-0.3, -0.25) is 0 Å². The van der Waals surface area contributed by atoms with Crippen molar-refractivity contribution in [2.75, 3.05) is 12.9 Å². The van der Waals surface area contributed by atoms with Gasteiger partial charge in [0.15, 0.2) is 9.84 Å². The minimum absolute atomic E-state index is 0.123. The lowest BCUT2D eigenvalue weighted by atomic mass is 9.81. The first kappa shape index (κ1) is 25.1. The summed E-state index contributed by atoms with van der Waals surface area (Å²) >= 11 is 0. The van der Waals surface area contributed by atoms with Crippen LogP contribution < -0.4 is 4.74 Å². The Hall–Kier alpha value is -2.14. The molecule has 0 radical (unpaired) electrons. The third-order valence-corrected chi connectivity index (χ3v) is 7.91. The molecule has 0 amide bonds. The van der Waals surface area contributed by atoms with E-state index < -0.39 is 15.3 Å². The van der Waals surface area contributed by atoms with Gasteiger partial charge in [0.05, 0.1) is 17.8 Å². The lowest BCUT2D eigenvalue weighted by Crippen LogP contribution is -2.32. The molecule has 0 fully saturated rings. The number of aldehydes is 1. The summed E-state index contributed by atoms with van der Waals surface area (Å²) in [5, 5.41) is 0. The van der Waals surface area contributed by atoms with Crippen molar-refractivity contribution >= 4 is 16.1 Å². The van der Waals surface area contributed by atoms with Gasteiger partial charge in [0.1, 0.15) is 12.0 Å². The van der Waals surface area contributed by atoms with E-state index in [2.05, 4.69) is 13.8 Å². The van der Waals surface area contributed by atoms with Gasteiger partial charge in [-0.05, 0) is 55.5 Å². The molecule has 0 spiro atoms. The van der Waals surface area contributed by atoms with Gasteiger partial charge in [-0.15, -0.1) is 0 Å². The molecule has 0 heterocycles. The highest BCUT2D eigenvalue weighted by Gasteiger charge is 2.36. The van der Waals surface area contributed by atoms with Gasteiger partial charge in [-0.1, -0.05) is 69.4 Å². The van der Waals surface area contributed by atoms with E-state index >= 15 is 0 Å². The molecule has 2 rings (SSSR count). The van der Waals surface area contributed by atoms with Crippen LogP contribution >= 0.6 is 0 Å². The summed E-state index contributed by atoms with van der Waals surface area (Å²) in [6.07, 6.45) is 6.24. The van der Waals surface area contributed by atoms with Crippen molar-refractivity contribution < 1.29 is 17.9 Å². The predicted molar refractivity (Wildman–Crippen MR) is 127 cm³/mol. The van der Waals surface area contributed by atoms with Crippen LogP contribution in [-0.2, 0) is 21.1 Å².